The molecule has 0 aromatic heterocycles. The summed E-state index contributed by atoms with van der Waals surface area (Å²) >= 11 is 0. The number of hydrogen-bond acceptors (Lipinski definition) is 4. The molecule has 0 fully saturated rings. The van der Waals surface area contributed by atoms with E-state index in [0.717, 1.165) is 5.56 Å². The van der Waals surface area contributed by atoms with Crippen molar-refractivity contribution in [3.63, 3.8) is 0 Å². The predicted octanol–water partition coefficient (Wildman–Crippen LogP) is 4.36. The van der Waals surface area contributed by atoms with Crippen LogP contribution in [0.4, 0.5) is 0 Å². The zero-order valence-electron chi connectivity index (χ0n) is 15.4. The highest BCUT2D eigenvalue weighted by atomic mass is 16.6. The van der Waals surface area contributed by atoms with Crippen LogP contribution in [-0.4, -0.2) is 19.0 Å². The molecule has 0 saturated heterocycles. The minimum atomic E-state index is -1.70. The SMILES string of the molecule is COC(=O)C(OC(=O)/C=C\c1ccccc1)(c1ccccc1)c1ccccc1. The number of benzene rings is 3. The van der Waals surface area contributed by atoms with Crippen LogP contribution < -0.4 is 0 Å². The van der Waals surface area contributed by atoms with Gasteiger partial charge in [-0.05, 0) is 11.6 Å². The van der Waals surface area contributed by atoms with Gasteiger partial charge in [-0.2, -0.15) is 0 Å². The summed E-state index contributed by atoms with van der Waals surface area (Å²) in [5.41, 5.74) is 0.168. The summed E-state index contributed by atoms with van der Waals surface area (Å²) < 4.78 is 10.8. The standard InChI is InChI=1S/C24H20O4/c1-27-23(26)24(20-13-7-3-8-14-20,21-15-9-4-10-16-21)28-22(25)18-17-19-11-5-2-6-12-19/h2-18H,1H3/b18-17-. The molecule has 3 aromatic rings. The fourth-order valence-electron chi connectivity index (χ4n) is 2.96. The molecule has 0 amide bonds. The fraction of sp³-hybridized carbons (Fsp3) is 0.0833. The molecule has 0 N–H and O–H groups in total. The first-order valence-corrected chi connectivity index (χ1v) is 8.82. The number of carbonyl (C=O) groups is 2. The van der Waals surface area contributed by atoms with Gasteiger partial charge in [0.1, 0.15) is 0 Å². The monoisotopic (exact) mass is 372 g/mol. The lowest BCUT2D eigenvalue weighted by Crippen LogP contribution is -2.42. The molecule has 4 nitrogen and oxygen atoms in total. The molecule has 4 heteroatoms. The Morgan fingerprint density at radius 1 is 0.750 bits per heavy atom. The van der Waals surface area contributed by atoms with Gasteiger partial charge in [-0.25, -0.2) is 9.59 Å². The van der Waals surface area contributed by atoms with Gasteiger partial charge in [0.15, 0.2) is 0 Å². The van der Waals surface area contributed by atoms with Gasteiger partial charge >= 0.3 is 11.9 Å². The number of ether oxygens (including phenoxy) is 2. The fourth-order valence-corrected chi connectivity index (χ4v) is 2.96. The summed E-state index contributed by atoms with van der Waals surface area (Å²) in [5.74, 6) is -1.33. The molecule has 0 atom stereocenters. The van der Waals surface area contributed by atoms with Gasteiger partial charge in [-0.3, -0.25) is 0 Å². The minimum Gasteiger partial charge on any atom is -0.466 e. The van der Waals surface area contributed by atoms with Crippen molar-refractivity contribution >= 4 is 18.0 Å². The normalized spacial score (nSPS) is 11.2. The van der Waals surface area contributed by atoms with Crippen LogP contribution in [0.15, 0.2) is 97.1 Å². The van der Waals surface area contributed by atoms with Crippen LogP contribution >= 0.6 is 0 Å². The highest BCUT2D eigenvalue weighted by Crippen LogP contribution is 2.35. The predicted molar refractivity (Wildman–Crippen MR) is 107 cm³/mol. The van der Waals surface area contributed by atoms with E-state index in [2.05, 4.69) is 0 Å². The number of methoxy groups -OCH3 is 1. The van der Waals surface area contributed by atoms with Crippen LogP contribution in [0, 0.1) is 0 Å². The van der Waals surface area contributed by atoms with Gasteiger partial charge < -0.3 is 9.47 Å². The molecule has 0 spiro atoms. The van der Waals surface area contributed by atoms with Crippen molar-refractivity contribution in [1.82, 2.24) is 0 Å². The van der Waals surface area contributed by atoms with E-state index in [-0.39, 0.29) is 0 Å². The zero-order chi connectivity index (χ0) is 19.8. The van der Waals surface area contributed by atoms with Crippen molar-refractivity contribution in [2.45, 2.75) is 5.60 Å². The number of rotatable bonds is 6. The Hall–Kier alpha value is -3.66. The first-order valence-electron chi connectivity index (χ1n) is 8.82. The lowest BCUT2D eigenvalue weighted by atomic mass is 9.86. The van der Waals surface area contributed by atoms with E-state index in [1.54, 1.807) is 54.6 Å². The number of carbonyl (C=O) groups excluding carboxylic acids is 2. The molecule has 0 aliphatic rings. The molecule has 140 valence electrons. The molecule has 0 unspecified atom stereocenters. The maximum absolute atomic E-state index is 12.9. The smallest absolute Gasteiger partial charge is 0.359 e. The molecule has 0 aliphatic heterocycles. The quantitative estimate of drug-likeness (QED) is 0.477. The Morgan fingerprint density at radius 3 is 1.68 bits per heavy atom. The molecule has 0 saturated carbocycles. The molecular weight excluding hydrogens is 352 g/mol. The van der Waals surface area contributed by atoms with Gasteiger partial charge in [0, 0.05) is 17.2 Å². The summed E-state index contributed by atoms with van der Waals surface area (Å²) in [5, 5.41) is 0. The lowest BCUT2D eigenvalue weighted by Gasteiger charge is -2.31. The second kappa shape index (κ2) is 8.82. The van der Waals surface area contributed by atoms with E-state index in [1.165, 1.54) is 13.2 Å². The average molecular weight is 372 g/mol. The summed E-state index contributed by atoms with van der Waals surface area (Å²) in [4.78, 5) is 25.6. The summed E-state index contributed by atoms with van der Waals surface area (Å²) in [6, 6.07) is 27.1. The van der Waals surface area contributed by atoms with Gasteiger partial charge in [0.25, 0.3) is 5.60 Å². The minimum absolute atomic E-state index is 0.509. The van der Waals surface area contributed by atoms with Crippen molar-refractivity contribution in [1.29, 1.82) is 0 Å². The van der Waals surface area contributed by atoms with E-state index in [4.69, 9.17) is 9.47 Å². The lowest BCUT2D eigenvalue weighted by molar-refractivity contribution is -0.174. The Kier molecular flexibility index (Phi) is 6.02. The molecule has 0 radical (unpaired) electrons. The van der Waals surface area contributed by atoms with Gasteiger partial charge in [0.2, 0.25) is 0 Å². The Labute approximate surface area is 164 Å². The van der Waals surface area contributed by atoms with E-state index in [9.17, 15) is 9.59 Å². The van der Waals surface area contributed by atoms with E-state index >= 15 is 0 Å². The first kappa shape index (κ1) is 19.1. The van der Waals surface area contributed by atoms with Crippen LogP contribution in [0.3, 0.4) is 0 Å². The summed E-state index contributed by atoms with van der Waals surface area (Å²) in [6.07, 6.45) is 2.94. The number of hydrogen-bond donors (Lipinski definition) is 0. The van der Waals surface area contributed by atoms with Crippen molar-refractivity contribution in [3.05, 3.63) is 114 Å². The molecule has 3 aromatic carbocycles. The van der Waals surface area contributed by atoms with Crippen molar-refractivity contribution in [3.8, 4) is 0 Å². The third kappa shape index (κ3) is 4.01. The van der Waals surface area contributed by atoms with Crippen LogP contribution in [0.25, 0.3) is 6.08 Å². The van der Waals surface area contributed by atoms with Gasteiger partial charge in [-0.15, -0.1) is 0 Å². The first-order chi connectivity index (χ1) is 13.7. The largest absolute Gasteiger partial charge is 0.466 e. The molecule has 3 rings (SSSR count). The second-order valence-corrected chi connectivity index (χ2v) is 6.07. The molecular formula is C24H20O4. The van der Waals surface area contributed by atoms with Crippen LogP contribution in [0.2, 0.25) is 0 Å². The Bertz CT molecular complexity index is 908. The van der Waals surface area contributed by atoms with Gasteiger partial charge in [-0.1, -0.05) is 91.0 Å². The highest BCUT2D eigenvalue weighted by Gasteiger charge is 2.47. The molecule has 0 bridgehead atoms. The molecule has 28 heavy (non-hydrogen) atoms. The molecule has 0 heterocycles. The van der Waals surface area contributed by atoms with Crippen LogP contribution in [-0.2, 0) is 24.7 Å². The average Bonchev–Trinajstić information content (AvgIpc) is 2.77. The maximum atomic E-state index is 12.9. The highest BCUT2D eigenvalue weighted by molar-refractivity contribution is 5.93. The third-order valence-corrected chi connectivity index (χ3v) is 4.30. The summed E-state index contributed by atoms with van der Waals surface area (Å²) in [6.45, 7) is 0. The van der Waals surface area contributed by atoms with Crippen molar-refractivity contribution in [2.24, 2.45) is 0 Å². The van der Waals surface area contributed by atoms with Crippen LogP contribution in [0.1, 0.15) is 16.7 Å². The Balaban J connectivity index is 2.04. The Morgan fingerprint density at radius 2 is 1.21 bits per heavy atom. The van der Waals surface area contributed by atoms with Crippen LogP contribution in [0.5, 0.6) is 0 Å². The second-order valence-electron chi connectivity index (χ2n) is 6.07. The molecule has 0 aliphatic carbocycles. The topological polar surface area (TPSA) is 52.6 Å². The zero-order valence-corrected chi connectivity index (χ0v) is 15.4. The number of esters is 2. The van der Waals surface area contributed by atoms with Crippen molar-refractivity contribution in [2.75, 3.05) is 7.11 Å². The maximum Gasteiger partial charge on any atom is 0.359 e. The van der Waals surface area contributed by atoms with E-state index < -0.39 is 17.5 Å². The van der Waals surface area contributed by atoms with E-state index in [1.807, 2.05) is 42.5 Å². The third-order valence-electron chi connectivity index (χ3n) is 4.30. The van der Waals surface area contributed by atoms with Gasteiger partial charge in [0.05, 0.1) is 7.11 Å². The van der Waals surface area contributed by atoms with Crippen molar-refractivity contribution < 1.29 is 19.1 Å². The van der Waals surface area contributed by atoms with E-state index in [0.29, 0.717) is 11.1 Å². The summed E-state index contributed by atoms with van der Waals surface area (Å²) in [7, 11) is 1.27.